The summed E-state index contributed by atoms with van der Waals surface area (Å²) in [5, 5.41) is 0.983. The highest BCUT2D eigenvalue weighted by Gasteiger charge is 2.21. The SMILES string of the molecule is O=C(CSc1nc2ccccc2c(=O)[nH]1)N1CCN(c2ccc(F)cc2)CC1. The van der Waals surface area contributed by atoms with Crippen molar-refractivity contribution in [3.05, 3.63) is 64.7 Å². The van der Waals surface area contributed by atoms with Crippen molar-refractivity contribution in [2.45, 2.75) is 5.16 Å². The van der Waals surface area contributed by atoms with Gasteiger partial charge in [0.1, 0.15) is 5.82 Å². The Morgan fingerprint density at radius 1 is 1.07 bits per heavy atom. The second kappa shape index (κ2) is 8.02. The molecule has 28 heavy (non-hydrogen) atoms. The summed E-state index contributed by atoms with van der Waals surface area (Å²) in [6, 6.07) is 13.5. The first-order chi connectivity index (χ1) is 13.6. The van der Waals surface area contributed by atoms with Crippen LogP contribution in [0, 0.1) is 5.82 Å². The molecule has 8 heteroatoms. The summed E-state index contributed by atoms with van der Waals surface area (Å²) in [5.74, 6) is -0.0211. The molecule has 1 aliphatic heterocycles. The molecule has 0 atom stereocenters. The number of nitrogens with zero attached hydrogens (tertiary/aromatic N) is 3. The number of anilines is 1. The van der Waals surface area contributed by atoms with Crippen LogP contribution in [0.3, 0.4) is 0 Å². The van der Waals surface area contributed by atoms with Gasteiger partial charge in [-0.2, -0.15) is 0 Å². The largest absolute Gasteiger partial charge is 0.368 e. The number of carbonyl (C=O) groups is 1. The van der Waals surface area contributed by atoms with E-state index in [1.54, 1.807) is 30.3 Å². The van der Waals surface area contributed by atoms with Gasteiger partial charge in [0.05, 0.1) is 16.7 Å². The number of halogens is 1. The fraction of sp³-hybridized carbons (Fsp3) is 0.250. The second-order valence-electron chi connectivity index (χ2n) is 6.52. The molecular weight excluding hydrogens is 379 g/mol. The minimum Gasteiger partial charge on any atom is -0.368 e. The Morgan fingerprint density at radius 2 is 1.79 bits per heavy atom. The van der Waals surface area contributed by atoms with Crippen LogP contribution in [-0.2, 0) is 4.79 Å². The zero-order valence-corrected chi connectivity index (χ0v) is 15.9. The van der Waals surface area contributed by atoms with Crippen molar-refractivity contribution in [3.63, 3.8) is 0 Å². The van der Waals surface area contributed by atoms with Crippen LogP contribution in [0.5, 0.6) is 0 Å². The highest BCUT2D eigenvalue weighted by Crippen LogP contribution is 2.19. The lowest BCUT2D eigenvalue weighted by Crippen LogP contribution is -2.49. The Kier molecular flexibility index (Phi) is 5.29. The quantitative estimate of drug-likeness (QED) is 0.540. The zero-order chi connectivity index (χ0) is 19.5. The first-order valence-corrected chi connectivity index (χ1v) is 9.99. The van der Waals surface area contributed by atoms with Gasteiger partial charge in [0.15, 0.2) is 5.16 Å². The molecule has 0 radical (unpaired) electrons. The second-order valence-corrected chi connectivity index (χ2v) is 7.49. The maximum Gasteiger partial charge on any atom is 0.259 e. The number of hydrogen-bond donors (Lipinski definition) is 1. The van der Waals surface area contributed by atoms with E-state index in [0.717, 1.165) is 5.69 Å². The Balaban J connectivity index is 1.34. The summed E-state index contributed by atoms with van der Waals surface area (Å²) < 4.78 is 13.1. The van der Waals surface area contributed by atoms with E-state index < -0.39 is 0 Å². The third-order valence-electron chi connectivity index (χ3n) is 4.75. The summed E-state index contributed by atoms with van der Waals surface area (Å²) in [6.07, 6.45) is 0. The van der Waals surface area contributed by atoms with Crippen LogP contribution in [0.2, 0.25) is 0 Å². The summed E-state index contributed by atoms with van der Waals surface area (Å²) >= 11 is 1.24. The molecule has 2 heterocycles. The number of thioether (sulfide) groups is 1. The summed E-state index contributed by atoms with van der Waals surface area (Å²) in [4.78, 5) is 35.7. The lowest BCUT2D eigenvalue weighted by molar-refractivity contribution is -0.128. The molecule has 1 aromatic heterocycles. The fourth-order valence-electron chi connectivity index (χ4n) is 3.22. The van der Waals surface area contributed by atoms with Crippen molar-refractivity contribution >= 4 is 34.3 Å². The summed E-state index contributed by atoms with van der Waals surface area (Å²) in [7, 11) is 0. The Hall–Kier alpha value is -2.87. The Bertz CT molecular complexity index is 1050. The minimum absolute atomic E-state index is 0.0135. The Morgan fingerprint density at radius 3 is 2.54 bits per heavy atom. The van der Waals surface area contributed by atoms with Crippen LogP contribution in [0.4, 0.5) is 10.1 Å². The van der Waals surface area contributed by atoms with Gasteiger partial charge in [0.25, 0.3) is 5.56 Å². The molecule has 1 saturated heterocycles. The molecule has 0 aliphatic carbocycles. The zero-order valence-electron chi connectivity index (χ0n) is 15.1. The molecule has 0 unspecified atom stereocenters. The van der Waals surface area contributed by atoms with Crippen molar-refractivity contribution in [2.75, 3.05) is 36.8 Å². The Labute approximate surface area is 165 Å². The molecule has 1 aliphatic rings. The lowest BCUT2D eigenvalue weighted by atomic mass is 10.2. The van der Waals surface area contributed by atoms with Crippen LogP contribution < -0.4 is 10.5 Å². The monoisotopic (exact) mass is 398 g/mol. The maximum atomic E-state index is 13.1. The highest BCUT2D eigenvalue weighted by atomic mass is 32.2. The van der Waals surface area contributed by atoms with Crippen molar-refractivity contribution in [3.8, 4) is 0 Å². The van der Waals surface area contributed by atoms with Gasteiger partial charge in [-0.05, 0) is 36.4 Å². The van der Waals surface area contributed by atoms with E-state index >= 15 is 0 Å². The van der Waals surface area contributed by atoms with Crippen LogP contribution in [-0.4, -0.2) is 52.7 Å². The van der Waals surface area contributed by atoms with Crippen molar-refractivity contribution in [1.82, 2.24) is 14.9 Å². The molecular formula is C20H19FN4O2S. The van der Waals surface area contributed by atoms with E-state index in [4.69, 9.17) is 0 Å². The molecule has 144 valence electrons. The number of rotatable bonds is 4. The number of H-pyrrole nitrogens is 1. The van der Waals surface area contributed by atoms with Gasteiger partial charge < -0.3 is 14.8 Å². The highest BCUT2D eigenvalue weighted by molar-refractivity contribution is 7.99. The van der Waals surface area contributed by atoms with E-state index in [0.29, 0.717) is 42.2 Å². The topological polar surface area (TPSA) is 69.3 Å². The van der Waals surface area contributed by atoms with Gasteiger partial charge in [-0.15, -0.1) is 0 Å². The van der Waals surface area contributed by atoms with E-state index in [1.165, 1.54) is 23.9 Å². The first kappa shape index (κ1) is 18.5. The number of carbonyl (C=O) groups excluding carboxylic acids is 1. The first-order valence-electron chi connectivity index (χ1n) is 9.00. The molecule has 1 fully saturated rings. The van der Waals surface area contributed by atoms with E-state index in [-0.39, 0.29) is 23.0 Å². The number of amides is 1. The van der Waals surface area contributed by atoms with Crippen molar-refractivity contribution in [1.29, 1.82) is 0 Å². The van der Waals surface area contributed by atoms with Gasteiger partial charge in [0, 0.05) is 31.9 Å². The molecule has 1 amide bonds. The lowest BCUT2D eigenvalue weighted by Gasteiger charge is -2.36. The fourth-order valence-corrected chi connectivity index (χ4v) is 3.99. The smallest absolute Gasteiger partial charge is 0.259 e. The van der Waals surface area contributed by atoms with E-state index in [1.807, 2.05) is 11.0 Å². The molecule has 4 rings (SSSR count). The standard InChI is InChI=1S/C20H19FN4O2S/c21-14-5-7-15(8-6-14)24-9-11-25(12-10-24)18(26)13-28-20-22-17-4-2-1-3-16(17)19(27)23-20/h1-8H,9-13H2,(H,22,23,27). The van der Waals surface area contributed by atoms with Gasteiger partial charge in [0.2, 0.25) is 5.91 Å². The number of nitrogens with one attached hydrogen (secondary N) is 1. The number of fused-ring (bicyclic) bond motifs is 1. The van der Waals surface area contributed by atoms with Gasteiger partial charge in [-0.25, -0.2) is 9.37 Å². The number of para-hydroxylation sites is 1. The number of hydrogen-bond acceptors (Lipinski definition) is 5. The minimum atomic E-state index is -0.255. The van der Waals surface area contributed by atoms with Crippen LogP contribution in [0.15, 0.2) is 58.5 Å². The maximum absolute atomic E-state index is 13.1. The van der Waals surface area contributed by atoms with Crippen molar-refractivity contribution < 1.29 is 9.18 Å². The third kappa shape index (κ3) is 4.01. The van der Waals surface area contributed by atoms with Crippen LogP contribution in [0.1, 0.15) is 0 Å². The molecule has 3 aromatic rings. The van der Waals surface area contributed by atoms with E-state index in [9.17, 15) is 14.0 Å². The molecule has 1 N–H and O–H groups in total. The normalized spacial score (nSPS) is 14.5. The van der Waals surface area contributed by atoms with Crippen molar-refractivity contribution in [2.24, 2.45) is 0 Å². The molecule has 0 saturated carbocycles. The van der Waals surface area contributed by atoms with E-state index in [2.05, 4.69) is 14.9 Å². The van der Waals surface area contributed by atoms with Crippen LogP contribution >= 0.6 is 11.8 Å². The molecule has 6 nitrogen and oxygen atoms in total. The predicted octanol–water partition coefficient (Wildman–Crippen LogP) is 2.50. The predicted molar refractivity (Wildman–Crippen MR) is 108 cm³/mol. The number of aromatic amines is 1. The summed E-state index contributed by atoms with van der Waals surface area (Å²) in [5.41, 5.74) is 1.38. The number of aromatic nitrogens is 2. The van der Waals surface area contributed by atoms with Crippen LogP contribution in [0.25, 0.3) is 10.9 Å². The number of benzene rings is 2. The molecule has 0 bridgehead atoms. The third-order valence-corrected chi connectivity index (χ3v) is 5.61. The molecule has 2 aromatic carbocycles. The van der Waals surface area contributed by atoms with Gasteiger partial charge in [-0.3, -0.25) is 9.59 Å². The average Bonchev–Trinajstić information content (AvgIpc) is 2.73. The molecule has 0 spiro atoms. The van der Waals surface area contributed by atoms with Gasteiger partial charge >= 0.3 is 0 Å². The summed E-state index contributed by atoms with van der Waals surface area (Å²) in [6.45, 7) is 2.62. The number of piperazine rings is 1. The van der Waals surface area contributed by atoms with Gasteiger partial charge in [-0.1, -0.05) is 23.9 Å². The average molecular weight is 398 g/mol.